The Morgan fingerprint density at radius 1 is 0.947 bits per heavy atom. The van der Waals surface area contributed by atoms with Crippen molar-refractivity contribution in [3.8, 4) is 16.3 Å². The summed E-state index contributed by atoms with van der Waals surface area (Å²) in [5, 5.41) is 21.3. The Morgan fingerprint density at radius 2 is 1.58 bits per heavy atom. The van der Waals surface area contributed by atoms with Crippen LogP contribution < -0.4 is 4.90 Å². The number of phenolic OH excluding ortho intramolecular Hbond substituents is 1. The Balaban J connectivity index is 1.61. The van der Waals surface area contributed by atoms with Crippen LogP contribution >= 0.6 is 11.3 Å². The van der Waals surface area contributed by atoms with Gasteiger partial charge in [-0.1, -0.05) is 42.5 Å². The van der Waals surface area contributed by atoms with E-state index in [1.54, 1.807) is 6.92 Å². The maximum atomic E-state index is 13.9. The first-order valence-electron chi connectivity index (χ1n) is 11.4. The normalized spacial score (nSPS) is 15.8. The standard InChI is InChI=1S/C28H19F3N2O4S/c1-15-25(38-26(32-15)17-5-3-2-4-6-17)23(35)21-22(16-7-13-20(34)14-8-16)33(27(37)24(21)36)19-11-9-18(10-12-19)28(29,30)31/h2-14,22,34,36H,1H3. The number of hydrogen-bond donors (Lipinski definition) is 2. The maximum absolute atomic E-state index is 13.9. The summed E-state index contributed by atoms with van der Waals surface area (Å²) in [6.07, 6.45) is -4.58. The summed E-state index contributed by atoms with van der Waals surface area (Å²) in [4.78, 5) is 32.9. The number of amides is 1. The molecule has 0 bridgehead atoms. The highest BCUT2D eigenvalue weighted by molar-refractivity contribution is 7.17. The topological polar surface area (TPSA) is 90.7 Å². The highest BCUT2D eigenvalue weighted by Crippen LogP contribution is 2.44. The van der Waals surface area contributed by atoms with E-state index in [1.807, 2.05) is 30.3 Å². The van der Waals surface area contributed by atoms with Gasteiger partial charge in [-0.05, 0) is 48.9 Å². The molecule has 1 unspecified atom stereocenters. The van der Waals surface area contributed by atoms with Gasteiger partial charge in [-0.25, -0.2) is 4.98 Å². The molecule has 192 valence electrons. The molecular weight excluding hydrogens is 517 g/mol. The highest BCUT2D eigenvalue weighted by atomic mass is 32.1. The van der Waals surface area contributed by atoms with Crippen LogP contribution in [0.1, 0.15) is 32.5 Å². The number of Topliss-reactive ketones (excluding diaryl/α,β-unsaturated/α-hetero) is 1. The van der Waals surface area contributed by atoms with Gasteiger partial charge >= 0.3 is 6.18 Å². The Labute approximate surface area is 218 Å². The number of carbonyl (C=O) groups excluding carboxylic acids is 2. The van der Waals surface area contributed by atoms with E-state index in [1.165, 1.54) is 24.3 Å². The molecule has 1 amide bonds. The fourth-order valence-corrected chi connectivity index (χ4v) is 5.35. The Bertz CT molecular complexity index is 1560. The SMILES string of the molecule is Cc1nc(-c2ccccc2)sc1C(=O)C1=C(O)C(=O)N(c2ccc(C(F)(F)F)cc2)C1c1ccc(O)cc1. The number of benzene rings is 3. The van der Waals surface area contributed by atoms with Gasteiger partial charge in [0.25, 0.3) is 5.91 Å². The van der Waals surface area contributed by atoms with Crippen LogP contribution in [0.3, 0.4) is 0 Å². The molecule has 0 radical (unpaired) electrons. The lowest BCUT2D eigenvalue weighted by Crippen LogP contribution is -2.31. The quantitative estimate of drug-likeness (QED) is 0.280. The van der Waals surface area contributed by atoms with Crippen molar-refractivity contribution in [1.82, 2.24) is 4.98 Å². The molecule has 0 saturated heterocycles. The molecular formula is C28H19F3N2O4S. The zero-order valence-electron chi connectivity index (χ0n) is 19.7. The number of aryl methyl sites for hydroxylation is 1. The van der Waals surface area contributed by atoms with E-state index < -0.39 is 35.2 Å². The number of anilines is 1. The van der Waals surface area contributed by atoms with Gasteiger partial charge in [0, 0.05) is 11.3 Å². The van der Waals surface area contributed by atoms with Crippen molar-refractivity contribution >= 4 is 28.7 Å². The lowest BCUT2D eigenvalue weighted by Gasteiger charge is -2.27. The van der Waals surface area contributed by atoms with Crippen molar-refractivity contribution in [3.63, 3.8) is 0 Å². The van der Waals surface area contributed by atoms with E-state index in [0.29, 0.717) is 16.3 Å². The zero-order valence-corrected chi connectivity index (χ0v) is 20.5. The number of alkyl halides is 3. The summed E-state index contributed by atoms with van der Waals surface area (Å²) < 4.78 is 39.4. The number of aliphatic hydroxyl groups excluding tert-OH is 1. The van der Waals surface area contributed by atoms with E-state index >= 15 is 0 Å². The van der Waals surface area contributed by atoms with Crippen LogP contribution in [0, 0.1) is 6.92 Å². The van der Waals surface area contributed by atoms with Crippen molar-refractivity contribution in [2.24, 2.45) is 0 Å². The van der Waals surface area contributed by atoms with Gasteiger partial charge in [-0.3, -0.25) is 14.5 Å². The first-order valence-corrected chi connectivity index (χ1v) is 12.2. The molecule has 3 aromatic carbocycles. The summed E-state index contributed by atoms with van der Waals surface area (Å²) in [7, 11) is 0. The lowest BCUT2D eigenvalue weighted by atomic mass is 9.94. The number of phenols is 1. The third-order valence-electron chi connectivity index (χ3n) is 6.16. The molecule has 0 saturated carbocycles. The van der Waals surface area contributed by atoms with Crippen LogP contribution in [0.4, 0.5) is 18.9 Å². The second kappa shape index (κ2) is 9.46. The van der Waals surface area contributed by atoms with Crippen molar-refractivity contribution in [2.45, 2.75) is 19.1 Å². The molecule has 10 heteroatoms. The number of nitrogens with zero attached hydrogens (tertiary/aromatic N) is 2. The number of halogens is 3. The Kier molecular flexibility index (Phi) is 6.28. The van der Waals surface area contributed by atoms with Crippen LogP contribution in [0.25, 0.3) is 10.6 Å². The van der Waals surface area contributed by atoms with Crippen LogP contribution in [0.2, 0.25) is 0 Å². The second-order valence-corrected chi connectivity index (χ2v) is 9.60. The average Bonchev–Trinajstić information content (AvgIpc) is 3.41. The van der Waals surface area contributed by atoms with E-state index in [4.69, 9.17) is 0 Å². The third kappa shape index (κ3) is 4.43. The highest BCUT2D eigenvalue weighted by Gasteiger charge is 2.45. The number of rotatable bonds is 5. The van der Waals surface area contributed by atoms with Gasteiger partial charge in [0.05, 0.1) is 27.7 Å². The molecule has 4 aromatic rings. The minimum Gasteiger partial charge on any atom is -0.508 e. The number of hydrogen-bond acceptors (Lipinski definition) is 6. The maximum Gasteiger partial charge on any atom is 0.416 e. The van der Waals surface area contributed by atoms with Crippen molar-refractivity contribution in [2.75, 3.05) is 4.90 Å². The smallest absolute Gasteiger partial charge is 0.416 e. The molecule has 38 heavy (non-hydrogen) atoms. The predicted molar refractivity (Wildman–Crippen MR) is 136 cm³/mol. The number of aliphatic hydroxyl groups is 1. The van der Waals surface area contributed by atoms with Crippen molar-refractivity contribution in [3.05, 3.63) is 112 Å². The largest absolute Gasteiger partial charge is 0.508 e. The monoisotopic (exact) mass is 536 g/mol. The molecule has 1 aliphatic heterocycles. The fraction of sp³-hybridized carbons (Fsp3) is 0.107. The Morgan fingerprint density at radius 3 is 2.18 bits per heavy atom. The number of carbonyl (C=O) groups is 2. The van der Waals surface area contributed by atoms with E-state index in [-0.39, 0.29) is 21.9 Å². The van der Waals surface area contributed by atoms with Gasteiger partial charge < -0.3 is 10.2 Å². The molecule has 1 aliphatic rings. The van der Waals surface area contributed by atoms with Crippen molar-refractivity contribution in [1.29, 1.82) is 0 Å². The van der Waals surface area contributed by atoms with Gasteiger partial charge in [0.15, 0.2) is 5.76 Å². The summed E-state index contributed by atoms with van der Waals surface area (Å²) in [5.41, 5.74) is 0.490. The number of aromatic hydroxyl groups is 1. The van der Waals surface area contributed by atoms with Crippen LogP contribution in [-0.2, 0) is 11.0 Å². The second-order valence-electron chi connectivity index (χ2n) is 8.60. The molecule has 1 atom stereocenters. The molecule has 6 nitrogen and oxygen atoms in total. The molecule has 0 aliphatic carbocycles. The number of aromatic nitrogens is 1. The molecule has 2 N–H and O–H groups in total. The summed E-state index contributed by atoms with van der Waals surface area (Å²) in [5.74, 6) is -2.43. The molecule has 1 aromatic heterocycles. The summed E-state index contributed by atoms with van der Waals surface area (Å²) >= 11 is 1.11. The molecule has 5 rings (SSSR count). The van der Waals surface area contributed by atoms with Crippen LogP contribution in [0.15, 0.2) is 90.2 Å². The van der Waals surface area contributed by atoms with Gasteiger partial charge in [-0.15, -0.1) is 11.3 Å². The minimum atomic E-state index is -4.58. The van der Waals surface area contributed by atoms with E-state index in [2.05, 4.69) is 4.98 Å². The first-order chi connectivity index (χ1) is 18.1. The molecule has 0 fully saturated rings. The summed E-state index contributed by atoms with van der Waals surface area (Å²) in [6, 6.07) is 17.6. The van der Waals surface area contributed by atoms with E-state index in [9.17, 15) is 33.0 Å². The molecule has 0 spiro atoms. The number of ketones is 1. The first kappa shape index (κ1) is 25.2. The summed E-state index contributed by atoms with van der Waals surface area (Å²) in [6.45, 7) is 1.65. The average molecular weight is 537 g/mol. The predicted octanol–water partition coefficient (Wildman–Crippen LogP) is 6.63. The zero-order chi connectivity index (χ0) is 27.2. The third-order valence-corrected chi connectivity index (χ3v) is 7.36. The lowest BCUT2D eigenvalue weighted by molar-refractivity contribution is -0.137. The van der Waals surface area contributed by atoms with Gasteiger partial charge in [-0.2, -0.15) is 13.2 Å². The molecule has 2 heterocycles. The van der Waals surface area contributed by atoms with Crippen molar-refractivity contribution < 1.29 is 33.0 Å². The number of thiazole rings is 1. The van der Waals surface area contributed by atoms with E-state index in [0.717, 1.165) is 46.1 Å². The van der Waals surface area contributed by atoms with Gasteiger partial charge in [0.2, 0.25) is 5.78 Å². The fourth-order valence-electron chi connectivity index (χ4n) is 4.32. The van der Waals surface area contributed by atoms with Crippen LogP contribution in [-0.4, -0.2) is 26.9 Å². The van der Waals surface area contributed by atoms with Crippen LogP contribution in [0.5, 0.6) is 5.75 Å². The van der Waals surface area contributed by atoms with Gasteiger partial charge in [0.1, 0.15) is 10.8 Å². The minimum absolute atomic E-state index is 0.0569. The Hall–Kier alpha value is -4.44.